The van der Waals surface area contributed by atoms with Gasteiger partial charge in [0.25, 0.3) is 5.69 Å². The molecule has 1 N–H and O–H groups in total. The Bertz CT molecular complexity index is 488. The summed E-state index contributed by atoms with van der Waals surface area (Å²) in [6.07, 6.45) is -2.92. The van der Waals surface area contributed by atoms with Crippen molar-refractivity contribution in [2.24, 2.45) is 0 Å². The van der Waals surface area contributed by atoms with Crippen LogP contribution in [0.5, 0.6) is 0 Å². The van der Waals surface area contributed by atoms with E-state index in [2.05, 4.69) is 0 Å². The second-order valence-electron chi connectivity index (χ2n) is 3.84. The monoisotopic (exact) mass is 253 g/mol. The molecule has 1 aliphatic rings. The minimum atomic E-state index is -1.24. The third-order valence-corrected chi connectivity index (χ3v) is 2.63. The van der Waals surface area contributed by atoms with Gasteiger partial charge in [0.05, 0.1) is 10.5 Å². The molecule has 0 spiro atoms. The molecule has 3 unspecified atom stereocenters. The summed E-state index contributed by atoms with van der Waals surface area (Å²) in [4.78, 5) is 21.4. The maximum atomic E-state index is 11.0. The van der Waals surface area contributed by atoms with Gasteiger partial charge < -0.3 is 14.6 Å². The Balaban J connectivity index is 2.41. The van der Waals surface area contributed by atoms with Gasteiger partial charge in [-0.15, -0.1) is 0 Å². The second kappa shape index (κ2) is 4.71. The van der Waals surface area contributed by atoms with Gasteiger partial charge in [0.2, 0.25) is 0 Å². The van der Waals surface area contributed by atoms with Gasteiger partial charge in [-0.05, 0) is 13.0 Å². The molecule has 0 bridgehead atoms. The van der Waals surface area contributed by atoms with Gasteiger partial charge in [0.15, 0.2) is 12.4 Å². The number of aliphatic carboxylic acids is 1. The van der Waals surface area contributed by atoms with Gasteiger partial charge in [0, 0.05) is 6.07 Å². The number of carboxylic acid groups (broad SMARTS) is 1. The number of ether oxygens (including phenoxy) is 2. The average Bonchev–Trinajstić information content (AvgIpc) is 2.71. The van der Waals surface area contributed by atoms with Gasteiger partial charge in [0.1, 0.15) is 6.10 Å². The topological polar surface area (TPSA) is 98.9 Å². The highest BCUT2D eigenvalue weighted by Gasteiger charge is 2.42. The Morgan fingerprint density at radius 3 is 2.67 bits per heavy atom. The SMILES string of the molecule is CC1OC(C(=O)O)C(c2ccccc2[N+](=O)[O-])O1. The first kappa shape index (κ1) is 12.5. The van der Waals surface area contributed by atoms with Crippen molar-refractivity contribution in [2.75, 3.05) is 0 Å². The van der Waals surface area contributed by atoms with Crippen LogP contribution >= 0.6 is 0 Å². The number of rotatable bonds is 3. The molecule has 0 aliphatic carbocycles. The molecule has 1 aromatic rings. The summed E-state index contributed by atoms with van der Waals surface area (Å²) >= 11 is 0. The van der Waals surface area contributed by atoms with E-state index in [1.54, 1.807) is 13.0 Å². The van der Waals surface area contributed by atoms with Crippen LogP contribution in [-0.4, -0.2) is 28.4 Å². The Morgan fingerprint density at radius 1 is 1.39 bits per heavy atom. The Kier molecular flexibility index (Phi) is 3.26. The molecule has 0 amide bonds. The highest BCUT2D eigenvalue weighted by atomic mass is 16.7. The highest BCUT2D eigenvalue weighted by molar-refractivity contribution is 5.74. The fourth-order valence-corrected chi connectivity index (χ4v) is 1.91. The van der Waals surface area contributed by atoms with E-state index in [4.69, 9.17) is 14.6 Å². The molecule has 1 fully saturated rings. The second-order valence-corrected chi connectivity index (χ2v) is 3.84. The fourth-order valence-electron chi connectivity index (χ4n) is 1.91. The standard InChI is InChI=1S/C11H11NO6/c1-6-17-9(10(18-6)11(13)14)7-4-2-3-5-8(7)12(15)16/h2-6,9-10H,1H3,(H,13,14). The molecule has 0 aromatic heterocycles. The summed E-state index contributed by atoms with van der Waals surface area (Å²) in [5, 5.41) is 19.9. The molecule has 1 aromatic carbocycles. The molecular formula is C11H11NO6. The maximum Gasteiger partial charge on any atom is 0.336 e. The van der Waals surface area contributed by atoms with E-state index in [1.165, 1.54) is 18.2 Å². The van der Waals surface area contributed by atoms with Crippen LogP contribution in [0.2, 0.25) is 0 Å². The molecule has 7 nitrogen and oxygen atoms in total. The van der Waals surface area contributed by atoms with Crippen LogP contribution in [0, 0.1) is 10.1 Å². The quantitative estimate of drug-likeness (QED) is 0.647. The summed E-state index contributed by atoms with van der Waals surface area (Å²) in [5.74, 6) is -1.21. The predicted octanol–water partition coefficient (Wildman–Crippen LogP) is 1.48. The Hall–Kier alpha value is -1.99. The van der Waals surface area contributed by atoms with Crippen molar-refractivity contribution < 1.29 is 24.3 Å². The molecule has 0 radical (unpaired) electrons. The number of hydrogen-bond acceptors (Lipinski definition) is 5. The number of nitro groups is 1. The lowest BCUT2D eigenvalue weighted by Gasteiger charge is -2.13. The van der Waals surface area contributed by atoms with Gasteiger partial charge in [-0.25, -0.2) is 4.79 Å². The van der Waals surface area contributed by atoms with Crippen molar-refractivity contribution in [1.29, 1.82) is 0 Å². The van der Waals surface area contributed by atoms with E-state index in [0.717, 1.165) is 0 Å². The van der Waals surface area contributed by atoms with Gasteiger partial charge >= 0.3 is 5.97 Å². The number of carbonyl (C=O) groups is 1. The molecule has 3 atom stereocenters. The van der Waals surface area contributed by atoms with Crippen LogP contribution in [0.3, 0.4) is 0 Å². The summed E-state index contributed by atoms with van der Waals surface area (Å²) in [6, 6.07) is 5.88. The van der Waals surface area contributed by atoms with Crippen LogP contribution in [0.1, 0.15) is 18.6 Å². The van der Waals surface area contributed by atoms with Crippen molar-refractivity contribution in [3.8, 4) is 0 Å². The lowest BCUT2D eigenvalue weighted by atomic mass is 10.0. The maximum absolute atomic E-state index is 11.0. The number of hydrogen-bond donors (Lipinski definition) is 1. The molecule has 2 rings (SSSR count). The molecule has 1 heterocycles. The minimum Gasteiger partial charge on any atom is -0.479 e. The predicted molar refractivity (Wildman–Crippen MR) is 58.9 cm³/mol. The van der Waals surface area contributed by atoms with Crippen molar-refractivity contribution in [3.63, 3.8) is 0 Å². The van der Waals surface area contributed by atoms with Crippen molar-refractivity contribution in [1.82, 2.24) is 0 Å². The van der Waals surface area contributed by atoms with Crippen LogP contribution in [-0.2, 0) is 14.3 Å². The lowest BCUT2D eigenvalue weighted by Crippen LogP contribution is -2.26. The third-order valence-electron chi connectivity index (χ3n) is 2.63. The van der Waals surface area contributed by atoms with Crippen molar-refractivity contribution >= 4 is 11.7 Å². The highest BCUT2D eigenvalue weighted by Crippen LogP contribution is 2.36. The smallest absolute Gasteiger partial charge is 0.336 e. The van der Waals surface area contributed by atoms with E-state index >= 15 is 0 Å². The first-order chi connectivity index (χ1) is 8.50. The molecule has 96 valence electrons. The molecule has 7 heteroatoms. The molecule has 1 aliphatic heterocycles. The van der Waals surface area contributed by atoms with Gasteiger partial charge in [-0.2, -0.15) is 0 Å². The number of nitro benzene ring substituents is 1. The first-order valence-electron chi connectivity index (χ1n) is 5.27. The first-order valence-corrected chi connectivity index (χ1v) is 5.27. The van der Waals surface area contributed by atoms with Crippen LogP contribution in [0.25, 0.3) is 0 Å². The summed E-state index contributed by atoms with van der Waals surface area (Å²) in [7, 11) is 0. The van der Waals surface area contributed by atoms with Crippen LogP contribution < -0.4 is 0 Å². The van der Waals surface area contributed by atoms with E-state index in [0.29, 0.717) is 0 Å². The third kappa shape index (κ3) is 2.18. The zero-order valence-corrected chi connectivity index (χ0v) is 9.48. The molecule has 1 saturated heterocycles. The molecule has 0 saturated carbocycles. The summed E-state index contributed by atoms with van der Waals surface area (Å²) in [6.45, 7) is 1.55. The number of carboxylic acids is 1. The van der Waals surface area contributed by atoms with Crippen molar-refractivity contribution in [3.05, 3.63) is 39.9 Å². The van der Waals surface area contributed by atoms with E-state index in [1.807, 2.05) is 0 Å². The normalized spacial score (nSPS) is 27.1. The largest absolute Gasteiger partial charge is 0.479 e. The van der Waals surface area contributed by atoms with Crippen LogP contribution in [0.4, 0.5) is 5.69 Å². The number of nitrogens with zero attached hydrogens (tertiary/aromatic N) is 1. The van der Waals surface area contributed by atoms with Crippen LogP contribution in [0.15, 0.2) is 24.3 Å². The van der Waals surface area contributed by atoms with Gasteiger partial charge in [-0.3, -0.25) is 10.1 Å². The fraction of sp³-hybridized carbons (Fsp3) is 0.364. The van der Waals surface area contributed by atoms with E-state index in [9.17, 15) is 14.9 Å². The zero-order chi connectivity index (χ0) is 13.3. The zero-order valence-electron chi connectivity index (χ0n) is 9.48. The lowest BCUT2D eigenvalue weighted by molar-refractivity contribution is -0.386. The minimum absolute atomic E-state index is 0.175. The summed E-state index contributed by atoms with van der Waals surface area (Å²) in [5.41, 5.74) is 0.0331. The Labute approximate surface area is 102 Å². The summed E-state index contributed by atoms with van der Waals surface area (Å²) < 4.78 is 10.4. The molecule has 18 heavy (non-hydrogen) atoms. The number of benzene rings is 1. The van der Waals surface area contributed by atoms with E-state index < -0.39 is 29.4 Å². The van der Waals surface area contributed by atoms with Gasteiger partial charge in [-0.1, -0.05) is 12.1 Å². The van der Waals surface area contributed by atoms with Crippen molar-refractivity contribution in [2.45, 2.75) is 25.4 Å². The Morgan fingerprint density at radius 2 is 2.06 bits per heavy atom. The molecular weight excluding hydrogens is 242 g/mol. The number of para-hydroxylation sites is 1. The van der Waals surface area contributed by atoms with E-state index in [-0.39, 0.29) is 11.3 Å². The average molecular weight is 253 g/mol.